The zero-order valence-electron chi connectivity index (χ0n) is 17.4. The zero-order chi connectivity index (χ0) is 22.1. The number of benzene rings is 2. The Balaban J connectivity index is 1.46. The van der Waals surface area contributed by atoms with Gasteiger partial charge in [-0.25, -0.2) is 9.50 Å². The van der Waals surface area contributed by atoms with E-state index in [-0.39, 0.29) is 11.9 Å². The summed E-state index contributed by atoms with van der Waals surface area (Å²) in [4.78, 5) is 20.0. The van der Waals surface area contributed by atoms with Crippen molar-refractivity contribution in [3.63, 3.8) is 0 Å². The molecule has 0 spiro atoms. The number of carbonyl (C=O) groups excluding carboxylic acids is 1. The van der Waals surface area contributed by atoms with Crippen molar-refractivity contribution in [2.45, 2.75) is 18.9 Å². The SMILES string of the molecule is NC[C@H]1CCCN1c1ccccc1NC(=O)c1ccn2ncc(-c3cccc(Cl)c3)c2n1. The Morgan fingerprint density at radius 1 is 1.19 bits per heavy atom. The maximum Gasteiger partial charge on any atom is 0.274 e. The largest absolute Gasteiger partial charge is 0.366 e. The minimum absolute atomic E-state index is 0.276. The summed E-state index contributed by atoms with van der Waals surface area (Å²) in [6.07, 6.45) is 5.62. The molecule has 1 amide bonds. The van der Waals surface area contributed by atoms with E-state index in [2.05, 4.69) is 20.3 Å². The lowest BCUT2D eigenvalue weighted by Crippen LogP contribution is -2.36. The minimum atomic E-state index is -0.276. The molecule has 3 heterocycles. The van der Waals surface area contributed by atoms with Gasteiger partial charge in [-0.2, -0.15) is 5.10 Å². The Labute approximate surface area is 190 Å². The molecule has 2 aromatic heterocycles. The molecule has 7 nitrogen and oxygen atoms in total. The number of para-hydroxylation sites is 2. The summed E-state index contributed by atoms with van der Waals surface area (Å²) in [5, 5.41) is 8.02. The Morgan fingerprint density at radius 2 is 2.06 bits per heavy atom. The first kappa shape index (κ1) is 20.5. The second-order valence-corrected chi connectivity index (χ2v) is 8.28. The van der Waals surface area contributed by atoms with Crippen LogP contribution in [0.15, 0.2) is 67.0 Å². The van der Waals surface area contributed by atoms with E-state index in [1.165, 1.54) is 0 Å². The molecule has 8 heteroatoms. The number of halogens is 1. The summed E-state index contributed by atoms with van der Waals surface area (Å²) in [6.45, 7) is 1.52. The van der Waals surface area contributed by atoms with Gasteiger partial charge in [-0.1, -0.05) is 35.9 Å². The number of aromatic nitrogens is 3. The smallest absolute Gasteiger partial charge is 0.274 e. The number of hydrogen-bond donors (Lipinski definition) is 2. The molecule has 1 saturated heterocycles. The van der Waals surface area contributed by atoms with Crippen LogP contribution in [0, 0.1) is 0 Å². The molecule has 0 radical (unpaired) electrons. The number of nitrogens with zero attached hydrogens (tertiary/aromatic N) is 4. The van der Waals surface area contributed by atoms with Gasteiger partial charge in [0.1, 0.15) is 5.69 Å². The Bertz CT molecular complexity index is 1290. The Morgan fingerprint density at radius 3 is 2.91 bits per heavy atom. The topological polar surface area (TPSA) is 88.5 Å². The summed E-state index contributed by atoms with van der Waals surface area (Å²) < 4.78 is 1.65. The zero-order valence-corrected chi connectivity index (χ0v) is 18.2. The van der Waals surface area contributed by atoms with Gasteiger partial charge < -0.3 is 16.0 Å². The summed E-state index contributed by atoms with van der Waals surface area (Å²) >= 11 is 6.15. The van der Waals surface area contributed by atoms with Gasteiger partial charge in [-0.3, -0.25) is 4.79 Å². The number of nitrogens with two attached hydrogens (primary N) is 1. The van der Waals surface area contributed by atoms with Crippen LogP contribution in [0.1, 0.15) is 23.3 Å². The molecule has 0 bridgehead atoms. The van der Waals surface area contributed by atoms with Gasteiger partial charge in [0.25, 0.3) is 5.91 Å². The number of carbonyl (C=O) groups is 1. The minimum Gasteiger partial charge on any atom is -0.366 e. The van der Waals surface area contributed by atoms with E-state index in [0.717, 1.165) is 41.9 Å². The van der Waals surface area contributed by atoms with Crippen molar-refractivity contribution in [3.8, 4) is 11.1 Å². The number of fused-ring (bicyclic) bond motifs is 1. The molecular formula is C24H23ClN6O. The van der Waals surface area contributed by atoms with E-state index in [0.29, 0.717) is 22.9 Å². The quantitative estimate of drug-likeness (QED) is 0.479. The van der Waals surface area contributed by atoms with Crippen molar-refractivity contribution in [3.05, 3.63) is 77.7 Å². The first-order chi connectivity index (χ1) is 15.6. The molecular weight excluding hydrogens is 424 g/mol. The van der Waals surface area contributed by atoms with Crippen molar-refractivity contribution in [1.29, 1.82) is 0 Å². The van der Waals surface area contributed by atoms with Crippen LogP contribution in [-0.2, 0) is 0 Å². The Hall–Kier alpha value is -3.42. The highest BCUT2D eigenvalue weighted by molar-refractivity contribution is 6.30. The first-order valence-electron chi connectivity index (χ1n) is 10.6. The van der Waals surface area contributed by atoms with Gasteiger partial charge in [-0.15, -0.1) is 0 Å². The molecule has 0 saturated carbocycles. The van der Waals surface area contributed by atoms with Gasteiger partial charge in [0.05, 0.1) is 17.6 Å². The number of anilines is 2. The van der Waals surface area contributed by atoms with E-state index in [4.69, 9.17) is 17.3 Å². The van der Waals surface area contributed by atoms with E-state index in [9.17, 15) is 4.79 Å². The third-order valence-corrected chi connectivity index (χ3v) is 6.08. The van der Waals surface area contributed by atoms with Gasteiger partial charge in [0.15, 0.2) is 5.65 Å². The average molecular weight is 447 g/mol. The van der Waals surface area contributed by atoms with Crippen molar-refractivity contribution in [2.24, 2.45) is 5.73 Å². The summed E-state index contributed by atoms with van der Waals surface area (Å²) in [7, 11) is 0. The van der Waals surface area contributed by atoms with Crippen LogP contribution in [0.4, 0.5) is 11.4 Å². The molecule has 0 aliphatic carbocycles. The summed E-state index contributed by atoms with van der Waals surface area (Å²) in [5.41, 5.74) is 10.3. The van der Waals surface area contributed by atoms with Gasteiger partial charge in [0.2, 0.25) is 0 Å². The van der Waals surface area contributed by atoms with Crippen LogP contribution in [0.3, 0.4) is 0 Å². The average Bonchev–Trinajstić information content (AvgIpc) is 3.46. The number of rotatable bonds is 5. The molecule has 1 aliphatic rings. The normalized spacial score (nSPS) is 15.9. The van der Waals surface area contributed by atoms with Crippen LogP contribution in [0.25, 0.3) is 16.8 Å². The summed E-state index contributed by atoms with van der Waals surface area (Å²) in [6, 6.07) is 17.3. The van der Waals surface area contributed by atoms with Crippen molar-refractivity contribution in [1.82, 2.24) is 14.6 Å². The number of amides is 1. The lowest BCUT2D eigenvalue weighted by atomic mass is 10.1. The van der Waals surface area contributed by atoms with Gasteiger partial charge >= 0.3 is 0 Å². The molecule has 5 rings (SSSR count). The molecule has 4 aromatic rings. The third-order valence-electron chi connectivity index (χ3n) is 5.85. The fourth-order valence-electron chi connectivity index (χ4n) is 4.27. The molecule has 1 atom stereocenters. The molecule has 3 N–H and O–H groups in total. The fraction of sp³-hybridized carbons (Fsp3) is 0.208. The predicted octanol–water partition coefficient (Wildman–Crippen LogP) is 4.23. The standard InChI is InChI=1S/C24H23ClN6O/c25-17-6-3-5-16(13-17)19-15-27-31-12-10-21(28-23(19)31)24(32)29-20-8-1-2-9-22(20)30-11-4-7-18(30)14-26/h1-3,5-6,8-10,12-13,15,18H,4,7,11,14,26H2,(H,29,32)/t18-/m1/s1. The monoisotopic (exact) mass is 446 g/mol. The van der Waals surface area contributed by atoms with Crippen LogP contribution >= 0.6 is 11.6 Å². The van der Waals surface area contributed by atoms with Crippen LogP contribution < -0.4 is 16.0 Å². The van der Waals surface area contributed by atoms with Crippen molar-refractivity contribution < 1.29 is 4.79 Å². The van der Waals surface area contributed by atoms with Crippen LogP contribution in [0.2, 0.25) is 5.02 Å². The second-order valence-electron chi connectivity index (χ2n) is 7.85. The molecule has 2 aromatic carbocycles. The van der Waals surface area contributed by atoms with Crippen molar-refractivity contribution >= 4 is 34.5 Å². The van der Waals surface area contributed by atoms with Crippen molar-refractivity contribution in [2.75, 3.05) is 23.3 Å². The highest BCUT2D eigenvalue weighted by Gasteiger charge is 2.25. The van der Waals surface area contributed by atoms with Crippen LogP contribution in [-0.4, -0.2) is 39.6 Å². The lowest BCUT2D eigenvalue weighted by molar-refractivity contribution is 0.102. The van der Waals surface area contributed by atoms with E-state index < -0.39 is 0 Å². The first-order valence-corrected chi connectivity index (χ1v) is 11.0. The highest BCUT2D eigenvalue weighted by Crippen LogP contribution is 2.32. The second kappa shape index (κ2) is 8.61. The number of hydrogen-bond acceptors (Lipinski definition) is 5. The maximum atomic E-state index is 13.1. The van der Waals surface area contributed by atoms with Gasteiger partial charge in [0, 0.05) is 35.9 Å². The van der Waals surface area contributed by atoms with Crippen LogP contribution in [0.5, 0.6) is 0 Å². The van der Waals surface area contributed by atoms with Gasteiger partial charge in [-0.05, 0) is 48.7 Å². The summed E-state index contributed by atoms with van der Waals surface area (Å²) in [5.74, 6) is -0.276. The third kappa shape index (κ3) is 3.81. The molecule has 0 unspecified atom stereocenters. The fourth-order valence-corrected chi connectivity index (χ4v) is 4.46. The molecule has 162 valence electrons. The number of nitrogens with one attached hydrogen (secondary N) is 1. The highest BCUT2D eigenvalue weighted by atomic mass is 35.5. The Kier molecular flexibility index (Phi) is 5.51. The molecule has 1 fully saturated rings. The lowest BCUT2D eigenvalue weighted by Gasteiger charge is -2.28. The molecule has 1 aliphatic heterocycles. The van der Waals surface area contributed by atoms with E-state index >= 15 is 0 Å². The predicted molar refractivity (Wildman–Crippen MR) is 127 cm³/mol. The van der Waals surface area contributed by atoms with E-state index in [1.54, 1.807) is 23.0 Å². The molecule has 32 heavy (non-hydrogen) atoms. The van der Waals surface area contributed by atoms with E-state index in [1.807, 2.05) is 48.5 Å². The maximum absolute atomic E-state index is 13.1.